The first-order valence-corrected chi connectivity index (χ1v) is 11.7. The lowest BCUT2D eigenvalue weighted by atomic mass is 10.00. The minimum Gasteiger partial charge on any atom is -0.351 e. The van der Waals surface area contributed by atoms with Crippen molar-refractivity contribution in [3.63, 3.8) is 0 Å². The molecule has 0 amide bonds. The number of benzene rings is 2. The highest BCUT2D eigenvalue weighted by Gasteiger charge is 2.42. The second-order valence-corrected chi connectivity index (χ2v) is 9.30. The van der Waals surface area contributed by atoms with E-state index < -0.39 is 0 Å². The van der Waals surface area contributed by atoms with E-state index in [4.69, 9.17) is 23.8 Å². The molecule has 4 aromatic rings. The lowest BCUT2D eigenvalue weighted by molar-refractivity contribution is 0.549. The monoisotopic (exact) mass is 472 g/mol. The van der Waals surface area contributed by atoms with Crippen molar-refractivity contribution in [2.24, 2.45) is 0 Å². The molecule has 0 spiro atoms. The minimum atomic E-state index is -0.0950. The summed E-state index contributed by atoms with van der Waals surface area (Å²) in [6.45, 7) is 6.29. The number of nitrogens with zero attached hydrogens (tertiary/aromatic N) is 3. The second-order valence-electron chi connectivity index (χ2n) is 8.50. The fourth-order valence-corrected chi connectivity index (χ4v) is 4.92. The molecular formula is C27H25ClN4S. The van der Waals surface area contributed by atoms with Crippen LogP contribution in [0.3, 0.4) is 0 Å². The van der Waals surface area contributed by atoms with Crippen LogP contribution in [0.2, 0.25) is 5.02 Å². The predicted molar refractivity (Wildman–Crippen MR) is 139 cm³/mol. The third-order valence-corrected chi connectivity index (χ3v) is 7.11. The molecule has 0 saturated carbocycles. The summed E-state index contributed by atoms with van der Waals surface area (Å²) in [5, 5.41) is 5.01. The van der Waals surface area contributed by atoms with Gasteiger partial charge in [-0.3, -0.25) is 4.98 Å². The lowest BCUT2D eigenvalue weighted by Gasteiger charge is -2.29. The van der Waals surface area contributed by atoms with E-state index in [0.29, 0.717) is 5.11 Å². The Morgan fingerprint density at radius 3 is 2.39 bits per heavy atom. The van der Waals surface area contributed by atoms with Gasteiger partial charge in [0.2, 0.25) is 0 Å². The first-order valence-electron chi connectivity index (χ1n) is 11.0. The number of pyridine rings is 1. The molecule has 0 unspecified atom stereocenters. The van der Waals surface area contributed by atoms with Gasteiger partial charge in [0.1, 0.15) is 6.04 Å². The molecule has 1 saturated heterocycles. The van der Waals surface area contributed by atoms with E-state index in [1.165, 1.54) is 11.1 Å². The minimum absolute atomic E-state index is 0.0829. The van der Waals surface area contributed by atoms with E-state index in [1.54, 1.807) is 0 Å². The summed E-state index contributed by atoms with van der Waals surface area (Å²) in [6.07, 6.45) is 3.92. The molecule has 5 rings (SSSR count). The first-order chi connectivity index (χ1) is 15.9. The van der Waals surface area contributed by atoms with Crippen molar-refractivity contribution in [3.8, 4) is 5.69 Å². The Morgan fingerprint density at radius 1 is 0.879 bits per heavy atom. The van der Waals surface area contributed by atoms with E-state index in [0.717, 1.165) is 33.3 Å². The van der Waals surface area contributed by atoms with Gasteiger partial charge < -0.3 is 14.8 Å². The second kappa shape index (κ2) is 8.65. The number of aromatic nitrogens is 2. The molecule has 2 aromatic heterocycles. The summed E-state index contributed by atoms with van der Waals surface area (Å²) in [5.74, 6) is 0. The van der Waals surface area contributed by atoms with Crippen molar-refractivity contribution in [2.75, 3.05) is 4.90 Å². The number of thiocarbonyl (C=S) groups is 1. The largest absolute Gasteiger partial charge is 0.351 e. The zero-order chi connectivity index (χ0) is 23.1. The van der Waals surface area contributed by atoms with E-state index >= 15 is 0 Å². The Bertz CT molecular complexity index is 1330. The summed E-state index contributed by atoms with van der Waals surface area (Å²) in [6, 6.07) is 22.7. The van der Waals surface area contributed by atoms with Crippen molar-refractivity contribution in [1.29, 1.82) is 0 Å². The highest BCUT2D eigenvalue weighted by atomic mass is 35.5. The first kappa shape index (κ1) is 21.7. The maximum atomic E-state index is 6.31. The van der Waals surface area contributed by atoms with Crippen LogP contribution in [0.5, 0.6) is 0 Å². The normalized spacial score (nSPS) is 17.9. The number of aryl methyl sites for hydroxylation is 3. The van der Waals surface area contributed by atoms with Crippen LogP contribution in [0.4, 0.5) is 5.69 Å². The van der Waals surface area contributed by atoms with Crippen LogP contribution in [0, 0.1) is 20.8 Å². The van der Waals surface area contributed by atoms with Gasteiger partial charge in [0, 0.05) is 34.5 Å². The van der Waals surface area contributed by atoms with Crippen molar-refractivity contribution < 1.29 is 0 Å². The van der Waals surface area contributed by atoms with Crippen LogP contribution in [0.1, 0.15) is 40.2 Å². The molecule has 4 nitrogen and oxygen atoms in total. The number of anilines is 1. The number of hydrogen-bond acceptors (Lipinski definition) is 2. The summed E-state index contributed by atoms with van der Waals surface area (Å²) >= 11 is 12.2. The molecule has 3 heterocycles. The van der Waals surface area contributed by atoms with Gasteiger partial charge in [0.15, 0.2) is 5.11 Å². The summed E-state index contributed by atoms with van der Waals surface area (Å²) in [4.78, 5) is 6.89. The van der Waals surface area contributed by atoms with Gasteiger partial charge >= 0.3 is 0 Å². The molecular weight excluding hydrogens is 448 g/mol. The van der Waals surface area contributed by atoms with E-state index in [1.807, 2.05) is 31.3 Å². The Kier molecular flexibility index (Phi) is 5.69. The van der Waals surface area contributed by atoms with Gasteiger partial charge in [-0.25, -0.2) is 0 Å². The molecule has 1 aliphatic rings. The fourth-order valence-electron chi connectivity index (χ4n) is 4.46. The number of hydrogen-bond donors (Lipinski definition) is 1. The molecule has 0 aliphatic carbocycles. The van der Waals surface area contributed by atoms with Gasteiger partial charge in [-0.15, -0.1) is 0 Å². The molecule has 0 radical (unpaired) electrons. The number of rotatable bonds is 4. The van der Waals surface area contributed by atoms with Crippen LogP contribution >= 0.6 is 23.8 Å². The fraction of sp³-hybridized carbons (Fsp3) is 0.185. The van der Waals surface area contributed by atoms with E-state index in [9.17, 15) is 0 Å². The highest BCUT2D eigenvalue weighted by molar-refractivity contribution is 7.80. The standard InChI is InChI=1S/C27H25ClN4S/c1-17-9-10-21(15-18(17)2)32-26(25(30-27(32)33)23-7-4-5-13-29-23)24-8-6-14-31(24)20-11-12-22(28)19(3)16-20/h4-16,25-26H,1-3H3,(H,30,33)/t25-,26-/m1/s1. The summed E-state index contributed by atoms with van der Waals surface area (Å²) in [7, 11) is 0. The summed E-state index contributed by atoms with van der Waals surface area (Å²) < 4.78 is 2.22. The number of nitrogens with one attached hydrogen (secondary N) is 1. The number of halogens is 1. The van der Waals surface area contributed by atoms with Gasteiger partial charge in [-0.1, -0.05) is 23.7 Å². The van der Waals surface area contributed by atoms with E-state index in [-0.39, 0.29) is 12.1 Å². The maximum Gasteiger partial charge on any atom is 0.174 e. The molecule has 33 heavy (non-hydrogen) atoms. The zero-order valence-corrected chi connectivity index (χ0v) is 20.4. The Balaban J connectivity index is 1.68. The summed E-state index contributed by atoms with van der Waals surface area (Å²) in [5.41, 5.74) is 7.75. The van der Waals surface area contributed by atoms with Crippen LogP contribution in [0.25, 0.3) is 5.69 Å². The van der Waals surface area contributed by atoms with Crippen molar-refractivity contribution in [3.05, 3.63) is 112 Å². The molecule has 1 N–H and O–H groups in total. The Labute approximate surface area is 204 Å². The zero-order valence-electron chi connectivity index (χ0n) is 18.8. The molecule has 1 aliphatic heterocycles. The van der Waals surface area contributed by atoms with Crippen molar-refractivity contribution >= 4 is 34.6 Å². The molecule has 2 aromatic carbocycles. The quantitative estimate of drug-likeness (QED) is 0.338. The SMILES string of the molecule is Cc1ccc(N2C(=S)N[C@H](c3ccccn3)[C@H]2c2cccn2-c2ccc(Cl)c(C)c2)cc1C. The van der Waals surface area contributed by atoms with Gasteiger partial charge in [0.05, 0.1) is 11.7 Å². The molecule has 6 heteroatoms. The molecule has 2 atom stereocenters. The van der Waals surface area contributed by atoms with Crippen LogP contribution in [-0.4, -0.2) is 14.7 Å². The Hall–Kier alpha value is -3.15. The third kappa shape index (κ3) is 3.92. The highest BCUT2D eigenvalue weighted by Crippen LogP contribution is 2.42. The lowest BCUT2D eigenvalue weighted by Crippen LogP contribution is -2.30. The van der Waals surface area contributed by atoms with Gasteiger partial charge in [0.25, 0.3) is 0 Å². The van der Waals surface area contributed by atoms with Crippen LogP contribution < -0.4 is 10.2 Å². The molecule has 1 fully saturated rings. The average Bonchev–Trinajstić information content (AvgIpc) is 3.42. The average molecular weight is 473 g/mol. The molecule has 0 bridgehead atoms. The van der Waals surface area contributed by atoms with Gasteiger partial charge in [-0.2, -0.15) is 0 Å². The third-order valence-electron chi connectivity index (χ3n) is 6.37. The van der Waals surface area contributed by atoms with E-state index in [2.05, 4.69) is 88.3 Å². The van der Waals surface area contributed by atoms with Crippen LogP contribution in [-0.2, 0) is 0 Å². The maximum absolute atomic E-state index is 6.31. The van der Waals surface area contributed by atoms with Gasteiger partial charge in [-0.05, 0) is 104 Å². The predicted octanol–water partition coefficient (Wildman–Crippen LogP) is 6.63. The van der Waals surface area contributed by atoms with Crippen molar-refractivity contribution in [1.82, 2.24) is 14.9 Å². The Morgan fingerprint density at radius 2 is 1.67 bits per heavy atom. The van der Waals surface area contributed by atoms with Crippen LogP contribution in [0.15, 0.2) is 79.1 Å². The van der Waals surface area contributed by atoms with Crippen molar-refractivity contribution in [2.45, 2.75) is 32.9 Å². The smallest absolute Gasteiger partial charge is 0.174 e. The topological polar surface area (TPSA) is 33.1 Å². The molecule has 166 valence electrons.